The summed E-state index contributed by atoms with van der Waals surface area (Å²) in [5.41, 5.74) is 13.2. The van der Waals surface area contributed by atoms with Crippen LogP contribution in [0, 0.1) is 0 Å². The highest BCUT2D eigenvalue weighted by atomic mass is 16.4. The molecule has 11 N–H and O–H groups in total. The maximum atomic E-state index is 13.5. The van der Waals surface area contributed by atoms with Crippen LogP contribution >= 0.6 is 0 Å². The highest BCUT2D eigenvalue weighted by Gasteiger charge is 2.33. The van der Waals surface area contributed by atoms with Gasteiger partial charge >= 0.3 is 5.97 Å². The number of fused-ring (bicyclic) bond motifs is 1. The minimum Gasteiger partial charge on any atom is -0.480 e. The lowest BCUT2D eigenvalue weighted by Crippen LogP contribution is -2.60. The van der Waals surface area contributed by atoms with Crippen molar-refractivity contribution >= 4 is 40.5 Å². The molecule has 15 heteroatoms. The van der Waals surface area contributed by atoms with Crippen LogP contribution in [-0.2, 0) is 36.8 Å². The molecule has 3 rings (SSSR count). The van der Waals surface area contributed by atoms with Crippen molar-refractivity contribution in [1.29, 1.82) is 0 Å². The van der Waals surface area contributed by atoms with E-state index < -0.39 is 59.9 Å². The van der Waals surface area contributed by atoms with Gasteiger partial charge in [-0.3, -0.25) is 19.2 Å². The van der Waals surface area contributed by atoms with E-state index in [1.165, 1.54) is 19.4 Å². The summed E-state index contributed by atoms with van der Waals surface area (Å²) < 4.78 is 0. The number of aliphatic hydroxyl groups is 1. The van der Waals surface area contributed by atoms with Gasteiger partial charge in [-0.15, -0.1) is 0 Å². The molecule has 0 aliphatic rings. The number of carboxylic acids is 1. The van der Waals surface area contributed by atoms with Crippen molar-refractivity contribution in [2.45, 2.75) is 62.9 Å². The number of aromatic amines is 2. The Morgan fingerprint density at radius 3 is 2.32 bits per heavy atom. The summed E-state index contributed by atoms with van der Waals surface area (Å²) in [6.07, 6.45) is 2.73. The summed E-state index contributed by atoms with van der Waals surface area (Å²) in [6.45, 7) is 1.23. The van der Waals surface area contributed by atoms with Crippen LogP contribution in [0.1, 0.15) is 31.0 Å². The lowest BCUT2D eigenvalue weighted by atomic mass is 10.0. The number of aliphatic hydroxyl groups excluding tert-OH is 1. The Morgan fingerprint density at radius 2 is 1.68 bits per heavy atom. The molecule has 0 fully saturated rings. The van der Waals surface area contributed by atoms with Gasteiger partial charge in [0.05, 0.1) is 18.5 Å². The van der Waals surface area contributed by atoms with Gasteiger partial charge in [-0.25, -0.2) is 9.78 Å². The maximum absolute atomic E-state index is 13.5. The molecule has 15 nitrogen and oxygen atoms in total. The first-order valence-corrected chi connectivity index (χ1v) is 12.8. The summed E-state index contributed by atoms with van der Waals surface area (Å²) in [6, 6.07) is 2.00. The number of rotatable bonds is 15. The van der Waals surface area contributed by atoms with E-state index in [4.69, 9.17) is 11.5 Å². The van der Waals surface area contributed by atoms with Crippen molar-refractivity contribution in [2.24, 2.45) is 11.5 Å². The van der Waals surface area contributed by atoms with Crippen molar-refractivity contribution in [3.8, 4) is 0 Å². The first-order chi connectivity index (χ1) is 19.5. The second-order valence-electron chi connectivity index (χ2n) is 9.64. The number of hydrogen-bond acceptors (Lipinski definition) is 8. The number of hydrogen-bond donors (Lipinski definition) is 9. The summed E-state index contributed by atoms with van der Waals surface area (Å²) in [5, 5.41) is 27.7. The highest BCUT2D eigenvalue weighted by molar-refractivity contribution is 5.95. The number of aliphatic carboxylic acids is 1. The number of carbonyl (C=O) groups is 5. The average molecular weight is 571 g/mol. The van der Waals surface area contributed by atoms with Gasteiger partial charge in [0, 0.05) is 48.3 Å². The Bertz CT molecular complexity index is 1370. The van der Waals surface area contributed by atoms with Gasteiger partial charge in [0.2, 0.25) is 23.6 Å². The smallest absolute Gasteiger partial charge is 0.326 e. The molecule has 5 unspecified atom stereocenters. The van der Waals surface area contributed by atoms with Gasteiger partial charge in [0.15, 0.2) is 0 Å². The number of H-pyrrole nitrogens is 2. The first kappa shape index (κ1) is 30.8. The number of amides is 4. The molecule has 0 radical (unpaired) electrons. The molecule has 41 heavy (non-hydrogen) atoms. The molecule has 3 aromatic rings. The first-order valence-electron chi connectivity index (χ1n) is 12.8. The standard InChI is InChI=1S/C26H34N8O7/c1-13(35)22(25(39)32-19(26(40)41)6-7-21(28)36)34-24(38)20(8-14-10-30-18-5-3-2-4-16(14)18)33-23(37)17(27)9-15-11-29-12-31-15/h2-5,10-13,17,19-20,22,30,35H,6-9,27H2,1H3,(H2,28,36)(H,29,31)(H,32,39)(H,33,37)(H,34,38)(H,40,41). The molecule has 0 aliphatic carbocycles. The maximum Gasteiger partial charge on any atom is 0.326 e. The zero-order valence-corrected chi connectivity index (χ0v) is 22.3. The third-order valence-electron chi connectivity index (χ3n) is 6.42. The number of nitrogens with two attached hydrogens (primary N) is 2. The average Bonchev–Trinajstić information content (AvgIpc) is 3.58. The van der Waals surface area contributed by atoms with Crippen molar-refractivity contribution in [1.82, 2.24) is 30.9 Å². The lowest BCUT2D eigenvalue weighted by molar-refractivity contribution is -0.143. The van der Waals surface area contributed by atoms with Gasteiger partial charge in [-0.05, 0) is 25.0 Å². The van der Waals surface area contributed by atoms with Gasteiger partial charge in [-0.1, -0.05) is 18.2 Å². The van der Waals surface area contributed by atoms with Crippen LogP contribution in [0.5, 0.6) is 0 Å². The number of aromatic nitrogens is 3. The van der Waals surface area contributed by atoms with E-state index in [1.54, 1.807) is 6.20 Å². The van der Waals surface area contributed by atoms with E-state index in [1.807, 2.05) is 24.3 Å². The van der Waals surface area contributed by atoms with E-state index in [0.29, 0.717) is 11.3 Å². The molecule has 2 aromatic heterocycles. The van der Waals surface area contributed by atoms with E-state index in [2.05, 4.69) is 30.9 Å². The molecule has 4 amide bonds. The zero-order valence-electron chi connectivity index (χ0n) is 22.3. The molecule has 2 heterocycles. The van der Waals surface area contributed by atoms with Crippen molar-refractivity contribution < 1.29 is 34.2 Å². The summed E-state index contributed by atoms with van der Waals surface area (Å²) in [5.74, 6) is -4.64. The van der Waals surface area contributed by atoms with Crippen LogP contribution in [0.4, 0.5) is 0 Å². The van der Waals surface area contributed by atoms with Crippen molar-refractivity contribution in [3.05, 3.63) is 54.2 Å². The second-order valence-corrected chi connectivity index (χ2v) is 9.64. The Hall–Kier alpha value is -4.76. The number of nitrogens with one attached hydrogen (secondary N) is 5. The van der Waals surface area contributed by atoms with E-state index in [0.717, 1.165) is 10.9 Å². The fraction of sp³-hybridized carbons (Fsp3) is 0.385. The quantitative estimate of drug-likeness (QED) is 0.0995. The summed E-state index contributed by atoms with van der Waals surface area (Å²) >= 11 is 0. The Kier molecular flexibility index (Phi) is 10.5. The van der Waals surface area contributed by atoms with Crippen LogP contribution in [0.25, 0.3) is 10.9 Å². The van der Waals surface area contributed by atoms with Gasteiger partial charge < -0.3 is 47.6 Å². The number of imidazole rings is 1. The van der Waals surface area contributed by atoms with Crippen LogP contribution < -0.4 is 27.4 Å². The molecule has 0 aliphatic heterocycles. The fourth-order valence-corrected chi connectivity index (χ4v) is 4.20. The third kappa shape index (κ3) is 8.61. The molecule has 0 saturated carbocycles. The minimum absolute atomic E-state index is 0.00285. The van der Waals surface area contributed by atoms with E-state index >= 15 is 0 Å². The van der Waals surface area contributed by atoms with Crippen molar-refractivity contribution in [2.75, 3.05) is 0 Å². The number of carboxylic acid groups (broad SMARTS) is 1. The summed E-state index contributed by atoms with van der Waals surface area (Å²) in [4.78, 5) is 71.9. The Morgan fingerprint density at radius 1 is 0.976 bits per heavy atom. The second kappa shape index (κ2) is 14.0. The molecule has 0 bridgehead atoms. The number of nitrogens with zero attached hydrogens (tertiary/aromatic N) is 1. The predicted octanol–water partition coefficient (Wildman–Crippen LogP) is -1.81. The fourth-order valence-electron chi connectivity index (χ4n) is 4.20. The SMILES string of the molecule is CC(O)C(NC(=O)C(Cc1c[nH]c2ccccc12)NC(=O)C(N)Cc1cnc[nH]1)C(=O)NC(CCC(N)=O)C(=O)O. The highest BCUT2D eigenvalue weighted by Crippen LogP contribution is 2.19. The van der Waals surface area contributed by atoms with Crippen LogP contribution in [-0.4, -0.2) is 85.0 Å². The topological polar surface area (TPSA) is 258 Å². The molecule has 5 atom stereocenters. The zero-order chi connectivity index (χ0) is 30.1. The molecule has 220 valence electrons. The van der Waals surface area contributed by atoms with Gasteiger partial charge in [0.25, 0.3) is 0 Å². The molecular formula is C26H34N8O7. The van der Waals surface area contributed by atoms with E-state index in [-0.39, 0.29) is 25.7 Å². The van der Waals surface area contributed by atoms with Crippen LogP contribution in [0.3, 0.4) is 0 Å². The number of benzene rings is 1. The van der Waals surface area contributed by atoms with Crippen molar-refractivity contribution in [3.63, 3.8) is 0 Å². The van der Waals surface area contributed by atoms with E-state index in [9.17, 15) is 34.2 Å². The normalized spacial score (nSPS) is 14.8. The third-order valence-corrected chi connectivity index (χ3v) is 6.42. The molecule has 1 aromatic carbocycles. The van der Waals surface area contributed by atoms with Gasteiger partial charge in [0.1, 0.15) is 18.1 Å². The number of para-hydroxylation sites is 1. The molecule has 0 spiro atoms. The molecule has 0 saturated heterocycles. The lowest BCUT2D eigenvalue weighted by Gasteiger charge is -2.26. The predicted molar refractivity (Wildman–Crippen MR) is 146 cm³/mol. The van der Waals surface area contributed by atoms with Gasteiger partial charge in [-0.2, -0.15) is 0 Å². The van der Waals surface area contributed by atoms with Crippen LogP contribution in [0.15, 0.2) is 43.0 Å². The summed E-state index contributed by atoms with van der Waals surface area (Å²) in [7, 11) is 0. The Labute approximate surface area is 234 Å². The largest absolute Gasteiger partial charge is 0.480 e. The Balaban J connectivity index is 1.80. The molecular weight excluding hydrogens is 536 g/mol. The minimum atomic E-state index is -1.58. The monoisotopic (exact) mass is 570 g/mol. The number of primary amides is 1. The van der Waals surface area contributed by atoms with Crippen LogP contribution in [0.2, 0.25) is 0 Å². The number of carbonyl (C=O) groups excluding carboxylic acids is 4.